The van der Waals surface area contributed by atoms with Crippen molar-refractivity contribution < 1.29 is 19.4 Å². The molecule has 1 aliphatic rings. The van der Waals surface area contributed by atoms with Crippen molar-refractivity contribution in [1.82, 2.24) is 0 Å². The molecule has 0 saturated heterocycles. The van der Waals surface area contributed by atoms with Gasteiger partial charge in [-0.05, 0) is 79.8 Å². The summed E-state index contributed by atoms with van der Waals surface area (Å²) >= 11 is 4.76. The van der Waals surface area contributed by atoms with E-state index in [-0.39, 0.29) is 17.9 Å². The quantitative estimate of drug-likeness (QED) is 0.513. The van der Waals surface area contributed by atoms with Gasteiger partial charge in [-0.2, -0.15) is 0 Å². The molecule has 2 rings (SSSR count). The van der Waals surface area contributed by atoms with Crippen molar-refractivity contribution in [2.45, 2.75) is 77.9 Å². The van der Waals surface area contributed by atoms with Gasteiger partial charge >= 0.3 is 5.97 Å². The molecule has 1 aromatic heterocycles. The lowest BCUT2D eigenvalue weighted by atomic mass is 9.82. The van der Waals surface area contributed by atoms with Gasteiger partial charge in [0.05, 0.1) is 22.7 Å². The Morgan fingerprint density at radius 2 is 1.96 bits per heavy atom. The lowest BCUT2D eigenvalue weighted by Crippen LogP contribution is -2.45. The van der Waals surface area contributed by atoms with E-state index in [1.807, 2.05) is 11.0 Å². The smallest absolute Gasteiger partial charge is 0.350 e. The zero-order valence-electron chi connectivity index (χ0n) is 17.2. The maximum atomic E-state index is 13.6. The molecule has 2 unspecified atom stereocenters. The minimum atomic E-state index is -0.425. The first-order chi connectivity index (χ1) is 13.3. The average Bonchev–Trinajstić information content (AvgIpc) is 3.05. The Morgan fingerprint density at radius 1 is 1.32 bits per heavy atom. The number of amides is 1. The topological polar surface area (TPSA) is 66.8 Å². The van der Waals surface area contributed by atoms with Crippen LogP contribution in [0.1, 0.15) is 75.4 Å². The zero-order valence-corrected chi connectivity index (χ0v) is 19.6. The first kappa shape index (κ1) is 23.4. The van der Waals surface area contributed by atoms with E-state index in [0.717, 1.165) is 35.9 Å². The second kappa shape index (κ2) is 10.7. The minimum Gasteiger partial charge on any atom is -0.465 e. The predicted molar refractivity (Wildman–Crippen MR) is 117 cm³/mol. The van der Waals surface area contributed by atoms with Crippen molar-refractivity contribution in [2.24, 2.45) is 11.8 Å². The summed E-state index contributed by atoms with van der Waals surface area (Å²) in [6.45, 7) is 6.05. The number of carbonyl (C=O) groups excluding carboxylic acids is 2. The molecule has 1 aromatic rings. The molecule has 5 nitrogen and oxygen atoms in total. The summed E-state index contributed by atoms with van der Waals surface area (Å²) in [5.74, 6) is 0.322. The van der Waals surface area contributed by atoms with Gasteiger partial charge in [-0.15, -0.1) is 11.3 Å². The van der Waals surface area contributed by atoms with Crippen LogP contribution in [0.4, 0.5) is 5.69 Å². The Labute approximate surface area is 180 Å². The molecule has 1 heterocycles. The van der Waals surface area contributed by atoms with E-state index in [1.54, 1.807) is 6.92 Å². The first-order valence-corrected chi connectivity index (χ1v) is 11.8. The highest BCUT2D eigenvalue weighted by Gasteiger charge is 2.35. The number of hydrogen-bond donors (Lipinski definition) is 1. The second-order valence-corrected chi connectivity index (χ2v) is 10.3. The van der Waals surface area contributed by atoms with Gasteiger partial charge in [0, 0.05) is 12.0 Å². The molecule has 0 aromatic carbocycles. The number of methoxy groups -OCH3 is 1. The van der Waals surface area contributed by atoms with Gasteiger partial charge in [-0.3, -0.25) is 4.79 Å². The number of hydrogen-bond acceptors (Lipinski definition) is 5. The van der Waals surface area contributed by atoms with Crippen LogP contribution in [-0.2, 0) is 9.53 Å². The number of anilines is 1. The van der Waals surface area contributed by atoms with Crippen LogP contribution in [0.25, 0.3) is 0 Å². The Bertz CT molecular complexity index is 667. The van der Waals surface area contributed by atoms with Gasteiger partial charge < -0.3 is 14.7 Å². The normalized spacial score (nSPS) is 21.8. The molecule has 1 aliphatic carbocycles. The fraction of sp³-hybridized carbons (Fsp3) is 0.714. The third-order valence-corrected chi connectivity index (χ3v) is 7.28. The Morgan fingerprint density at radius 3 is 2.50 bits per heavy atom. The molecule has 1 N–H and O–H groups in total. The van der Waals surface area contributed by atoms with Crippen LogP contribution in [-0.4, -0.2) is 36.2 Å². The molecule has 0 bridgehead atoms. The molecular weight excluding hydrogens is 442 g/mol. The van der Waals surface area contributed by atoms with Gasteiger partial charge in [0.15, 0.2) is 0 Å². The number of aliphatic hydroxyl groups is 1. The van der Waals surface area contributed by atoms with Crippen LogP contribution in [0.5, 0.6) is 0 Å². The summed E-state index contributed by atoms with van der Waals surface area (Å²) in [6, 6.07) is 1.79. The Hall–Kier alpha value is -0.920. The number of thiophene rings is 1. The van der Waals surface area contributed by atoms with Crippen LogP contribution in [0, 0.1) is 11.8 Å². The predicted octanol–water partition coefficient (Wildman–Crippen LogP) is 5.40. The molecule has 1 amide bonds. The lowest BCUT2D eigenvalue weighted by molar-refractivity contribution is -0.124. The number of rotatable bonds is 8. The lowest BCUT2D eigenvalue weighted by Gasteiger charge is -2.36. The Kier molecular flexibility index (Phi) is 8.96. The highest BCUT2D eigenvalue weighted by molar-refractivity contribution is 9.11. The second-order valence-electron chi connectivity index (χ2n) is 7.91. The summed E-state index contributed by atoms with van der Waals surface area (Å²) in [6.07, 6.45) is 5.55. The van der Waals surface area contributed by atoms with E-state index in [1.165, 1.54) is 18.4 Å². The molecule has 0 radical (unpaired) electrons. The number of esters is 1. The van der Waals surface area contributed by atoms with Crippen LogP contribution >= 0.6 is 27.3 Å². The van der Waals surface area contributed by atoms with E-state index in [0.29, 0.717) is 29.3 Å². The number of ether oxygens (including phenoxy) is 1. The van der Waals surface area contributed by atoms with Crippen molar-refractivity contribution in [3.8, 4) is 0 Å². The van der Waals surface area contributed by atoms with Crippen molar-refractivity contribution in [2.75, 3.05) is 12.0 Å². The third-order valence-electron chi connectivity index (χ3n) is 5.67. The molecule has 158 valence electrons. The minimum absolute atomic E-state index is 0.0130. The number of carbonyl (C=O) groups is 2. The molecule has 1 saturated carbocycles. The van der Waals surface area contributed by atoms with E-state index in [2.05, 4.69) is 29.8 Å². The highest BCUT2D eigenvalue weighted by Crippen LogP contribution is 2.39. The fourth-order valence-electron chi connectivity index (χ4n) is 3.92. The van der Waals surface area contributed by atoms with Crippen LogP contribution in [0.2, 0.25) is 0 Å². The van der Waals surface area contributed by atoms with Gasteiger partial charge in [0.1, 0.15) is 4.88 Å². The highest BCUT2D eigenvalue weighted by atomic mass is 79.9. The number of nitrogens with zero attached hydrogens (tertiary/aromatic N) is 1. The molecule has 0 aliphatic heterocycles. The van der Waals surface area contributed by atoms with Gasteiger partial charge in [-0.25, -0.2) is 4.79 Å². The van der Waals surface area contributed by atoms with Crippen LogP contribution < -0.4 is 4.90 Å². The van der Waals surface area contributed by atoms with E-state index in [4.69, 9.17) is 4.74 Å². The maximum absolute atomic E-state index is 13.6. The summed E-state index contributed by atoms with van der Waals surface area (Å²) in [7, 11) is 1.36. The van der Waals surface area contributed by atoms with E-state index < -0.39 is 12.1 Å². The molecule has 2 atom stereocenters. The van der Waals surface area contributed by atoms with Crippen molar-refractivity contribution in [1.29, 1.82) is 0 Å². The summed E-state index contributed by atoms with van der Waals surface area (Å²) in [5.41, 5.74) is 0.629. The van der Waals surface area contributed by atoms with Crippen molar-refractivity contribution in [3.05, 3.63) is 14.7 Å². The Balaban J connectivity index is 2.41. The SMILES string of the molecule is CCC(CCC(C)O)N(C(=O)C1CCC(C)CC1)c1cc(Br)sc1C(=O)OC. The first-order valence-electron chi connectivity index (χ1n) is 10.2. The largest absolute Gasteiger partial charge is 0.465 e. The van der Waals surface area contributed by atoms with Gasteiger partial charge in [-0.1, -0.05) is 13.8 Å². The zero-order chi connectivity index (χ0) is 20.8. The number of aliphatic hydroxyl groups excluding tert-OH is 1. The summed E-state index contributed by atoms with van der Waals surface area (Å²) < 4.78 is 5.76. The van der Waals surface area contributed by atoms with E-state index in [9.17, 15) is 14.7 Å². The van der Waals surface area contributed by atoms with E-state index >= 15 is 0 Å². The standard InChI is InChI=1S/C21H32BrNO4S/c1-5-16(11-8-14(3)24)23(20(25)15-9-6-13(2)7-10-15)17-12-18(22)28-19(17)21(26)27-4/h12-16,24H,5-11H2,1-4H3. The fourth-order valence-corrected chi connectivity index (χ4v) is 5.42. The molecule has 0 spiro atoms. The molecule has 7 heteroatoms. The molecule has 1 fully saturated rings. The molecular formula is C21H32BrNO4S. The van der Waals surface area contributed by atoms with Gasteiger partial charge in [0.25, 0.3) is 0 Å². The average molecular weight is 474 g/mol. The molecule has 28 heavy (non-hydrogen) atoms. The van der Waals surface area contributed by atoms with Crippen LogP contribution in [0.15, 0.2) is 9.85 Å². The van der Waals surface area contributed by atoms with Crippen molar-refractivity contribution >= 4 is 44.8 Å². The third kappa shape index (κ3) is 5.80. The summed E-state index contributed by atoms with van der Waals surface area (Å²) in [4.78, 5) is 28.3. The van der Waals surface area contributed by atoms with Crippen LogP contribution in [0.3, 0.4) is 0 Å². The van der Waals surface area contributed by atoms with Gasteiger partial charge in [0.2, 0.25) is 5.91 Å². The summed E-state index contributed by atoms with van der Waals surface area (Å²) in [5, 5.41) is 9.77. The monoisotopic (exact) mass is 473 g/mol. The number of halogens is 1. The maximum Gasteiger partial charge on any atom is 0.350 e. The van der Waals surface area contributed by atoms with Crippen molar-refractivity contribution in [3.63, 3.8) is 0 Å².